The Morgan fingerprint density at radius 3 is 2.82 bits per heavy atom. The van der Waals surface area contributed by atoms with Crippen molar-refractivity contribution in [2.45, 2.75) is 31.8 Å². The van der Waals surface area contributed by atoms with Gasteiger partial charge in [0.1, 0.15) is 5.82 Å². The highest BCUT2D eigenvalue weighted by molar-refractivity contribution is 5.48. The summed E-state index contributed by atoms with van der Waals surface area (Å²) in [4.78, 5) is 6.71. The lowest BCUT2D eigenvalue weighted by molar-refractivity contribution is 0.170. The number of anilines is 1. The fraction of sp³-hybridized carbons (Fsp3) is 0.615. The highest BCUT2D eigenvalue weighted by Crippen LogP contribution is 2.27. The average Bonchev–Trinajstić information content (AvgIpc) is 2.40. The van der Waals surface area contributed by atoms with Crippen molar-refractivity contribution in [2.24, 2.45) is 5.73 Å². The van der Waals surface area contributed by atoms with Crippen molar-refractivity contribution in [1.82, 2.24) is 4.98 Å². The van der Waals surface area contributed by atoms with E-state index in [1.807, 2.05) is 12.1 Å². The van der Waals surface area contributed by atoms with E-state index in [-0.39, 0.29) is 0 Å². The van der Waals surface area contributed by atoms with E-state index in [4.69, 9.17) is 5.73 Å². The normalized spacial score (nSPS) is 18.1. The van der Waals surface area contributed by atoms with Crippen molar-refractivity contribution in [3.05, 3.63) is 23.9 Å². The summed E-state index contributed by atoms with van der Waals surface area (Å²) in [6.07, 6.45) is 5.61. The van der Waals surface area contributed by atoms with E-state index in [0.717, 1.165) is 24.5 Å². The van der Waals surface area contributed by atoms with Crippen LogP contribution >= 0.6 is 0 Å². The molecule has 0 aromatic carbocycles. The summed E-state index contributed by atoms with van der Waals surface area (Å²) in [6.45, 7) is 2.58. The number of nitrogens with zero attached hydrogens (tertiary/aromatic N) is 2. The maximum absolute atomic E-state index is 10.1. The number of pyridine rings is 1. The molecular formula is C13H21N3O. The van der Waals surface area contributed by atoms with Gasteiger partial charge in [-0.2, -0.15) is 0 Å². The van der Waals surface area contributed by atoms with Gasteiger partial charge in [-0.25, -0.2) is 4.98 Å². The van der Waals surface area contributed by atoms with Crippen LogP contribution in [0.15, 0.2) is 18.3 Å². The Balaban J connectivity index is 2.19. The highest BCUT2D eigenvalue weighted by Gasteiger charge is 2.19. The SMILES string of the molecule is NCC[C@@H](O)c1cccnc1N1CCCCC1. The summed E-state index contributed by atoms with van der Waals surface area (Å²) in [6, 6.07) is 3.83. The van der Waals surface area contributed by atoms with Crippen LogP contribution in [0, 0.1) is 0 Å². The largest absolute Gasteiger partial charge is 0.388 e. The minimum absolute atomic E-state index is 0.495. The number of aliphatic hydroxyl groups excluding tert-OH is 1. The Labute approximate surface area is 102 Å². The predicted octanol–water partition coefficient (Wildman–Crippen LogP) is 1.45. The van der Waals surface area contributed by atoms with Crippen LogP contribution in [0.5, 0.6) is 0 Å². The molecule has 0 radical (unpaired) electrons. The summed E-state index contributed by atoms with van der Waals surface area (Å²) in [5.74, 6) is 0.938. The fourth-order valence-corrected chi connectivity index (χ4v) is 2.35. The third-order valence-electron chi connectivity index (χ3n) is 3.27. The van der Waals surface area contributed by atoms with E-state index in [9.17, 15) is 5.11 Å². The lowest BCUT2D eigenvalue weighted by atomic mass is 10.1. The van der Waals surface area contributed by atoms with Crippen molar-refractivity contribution in [3.63, 3.8) is 0 Å². The monoisotopic (exact) mass is 235 g/mol. The summed E-state index contributed by atoms with van der Waals surface area (Å²) in [5, 5.41) is 10.1. The van der Waals surface area contributed by atoms with Crippen LogP contribution in [0.2, 0.25) is 0 Å². The van der Waals surface area contributed by atoms with Gasteiger partial charge in [-0.05, 0) is 38.3 Å². The Bertz CT molecular complexity index is 350. The van der Waals surface area contributed by atoms with Gasteiger partial charge in [0, 0.05) is 24.8 Å². The van der Waals surface area contributed by atoms with E-state index < -0.39 is 6.10 Å². The maximum Gasteiger partial charge on any atom is 0.134 e. The molecule has 1 atom stereocenters. The topological polar surface area (TPSA) is 62.4 Å². The summed E-state index contributed by atoms with van der Waals surface area (Å²) in [7, 11) is 0. The van der Waals surface area contributed by atoms with Crippen molar-refractivity contribution >= 4 is 5.82 Å². The van der Waals surface area contributed by atoms with Crippen LogP contribution in [-0.2, 0) is 0 Å². The summed E-state index contributed by atoms with van der Waals surface area (Å²) < 4.78 is 0. The maximum atomic E-state index is 10.1. The molecule has 3 N–H and O–H groups in total. The average molecular weight is 235 g/mol. The minimum atomic E-state index is -0.495. The van der Waals surface area contributed by atoms with Crippen LogP contribution in [-0.4, -0.2) is 29.7 Å². The molecule has 1 aromatic heterocycles. The number of hydrogen-bond acceptors (Lipinski definition) is 4. The van der Waals surface area contributed by atoms with Gasteiger partial charge in [-0.1, -0.05) is 6.07 Å². The first-order valence-electron chi connectivity index (χ1n) is 6.41. The van der Waals surface area contributed by atoms with Crippen molar-refractivity contribution in [3.8, 4) is 0 Å². The van der Waals surface area contributed by atoms with E-state index in [2.05, 4.69) is 9.88 Å². The Morgan fingerprint density at radius 2 is 2.12 bits per heavy atom. The number of nitrogens with two attached hydrogens (primary N) is 1. The number of hydrogen-bond donors (Lipinski definition) is 2. The van der Waals surface area contributed by atoms with E-state index in [1.54, 1.807) is 6.20 Å². The lowest BCUT2D eigenvalue weighted by Gasteiger charge is -2.30. The molecule has 4 heteroatoms. The van der Waals surface area contributed by atoms with Crippen LogP contribution in [0.4, 0.5) is 5.82 Å². The first-order chi connectivity index (χ1) is 8.33. The molecule has 0 bridgehead atoms. The van der Waals surface area contributed by atoms with Crippen LogP contribution in [0.25, 0.3) is 0 Å². The molecule has 0 spiro atoms. The van der Waals surface area contributed by atoms with Gasteiger partial charge in [0.05, 0.1) is 6.10 Å². The molecule has 0 aliphatic carbocycles. The highest BCUT2D eigenvalue weighted by atomic mass is 16.3. The van der Waals surface area contributed by atoms with E-state index in [1.165, 1.54) is 19.3 Å². The number of rotatable bonds is 4. The van der Waals surface area contributed by atoms with Crippen molar-refractivity contribution in [1.29, 1.82) is 0 Å². The third kappa shape index (κ3) is 2.96. The molecule has 1 fully saturated rings. The molecule has 1 aliphatic rings. The van der Waals surface area contributed by atoms with E-state index >= 15 is 0 Å². The van der Waals surface area contributed by atoms with Crippen molar-refractivity contribution in [2.75, 3.05) is 24.5 Å². The van der Waals surface area contributed by atoms with Gasteiger partial charge >= 0.3 is 0 Å². The molecule has 1 aromatic rings. The van der Waals surface area contributed by atoms with Gasteiger partial charge in [-0.3, -0.25) is 0 Å². The zero-order valence-electron chi connectivity index (χ0n) is 10.2. The zero-order chi connectivity index (χ0) is 12.1. The zero-order valence-corrected chi connectivity index (χ0v) is 10.2. The lowest BCUT2D eigenvalue weighted by Crippen LogP contribution is -2.31. The van der Waals surface area contributed by atoms with Gasteiger partial charge < -0.3 is 15.7 Å². The van der Waals surface area contributed by atoms with Crippen LogP contribution in [0.3, 0.4) is 0 Å². The first-order valence-corrected chi connectivity index (χ1v) is 6.41. The fourth-order valence-electron chi connectivity index (χ4n) is 2.35. The van der Waals surface area contributed by atoms with Crippen molar-refractivity contribution < 1.29 is 5.11 Å². The van der Waals surface area contributed by atoms with Crippen LogP contribution < -0.4 is 10.6 Å². The number of aromatic nitrogens is 1. The molecule has 4 nitrogen and oxygen atoms in total. The quantitative estimate of drug-likeness (QED) is 0.829. The number of piperidine rings is 1. The molecule has 0 amide bonds. The predicted molar refractivity (Wildman–Crippen MR) is 68.9 cm³/mol. The van der Waals surface area contributed by atoms with Gasteiger partial charge in [0.2, 0.25) is 0 Å². The van der Waals surface area contributed by atoms with Gasteiger partial charge in [0.15, 0.2) is 0 Å². The molecule has 0 unspecified atom stereocenters. The first kappa shape index (κ1) is 12.3. The molecule has 0 saturated carbocycles. The molecule has 2 heterocycles. The number of aliphatic hydroxyl groups is 1. The third-order valence-corrected chi connectivity index (χ3v) is 3.27. The molecule has 94 valence electrons. The second kappa shape index (κ2) is 5.98. The van der Waals surface area contributed by atoms with Gasteiger partial charge in [-0.15, -0.1) is 0 Å². The van der Waals surface area contributed by atoms with Gasteiger partial charge in [0.25, 0.3) is 0 Å². The summed E-state index contributed by atoms with van der Waals surface area (Å²) >= 11 is 0. The standard InChI is InChI=1S/C13H21N3O/c14-7-6-12(17)11-5-4-8-15-13(11)16-9-2-1-3-10-16/h4-5,8,12,17H,1-3,6-7,9-10,14H2/t12-/m1/s1. The molecule has 1 saturated heterocycles. The molecule has 17 heavy (non-hydrogen) atoms. The molecular weight excluding hydrogens is 214 g/mol. The Hall–Kier alpha value is -1.13. The second-order valence-electron chi connectivity index (χ2n) is 4.56. The van der Waals surface area contributed by atoms with Crippen LogP contribution in [0.1, 0.15) is 37.4 Å². The molecule has 1 aliphatic heterocycles. The molecule has 2 rings (SSSR count). The Morgan fingerprint density at radius 1 is 1.35 bits per heavy atom. The smallest absolute Gasteiger partial charge is 0.134 e. The Kier molecular flexibility index (Phi) is 4.34. The van der Waals surface area contributed by atoms with E-state index in [0.29, 0.717) is 13.0 Å². The second-order valence-corrected chi connectivity index (χ2v) is 4.56. The summed E-state index contributed by atoms with van der Waals surface area (Å²) in [5.41, 5.74) is 6.42. The minimum Gasteiger partial charge on any atom is -0.388 e.